The maximum absolute atomic E-state index is 11.3. The smallest absolute Gasteiger partial charge is 1.00 e. The zero-order chi connectivity index (χ0) is 14.2. The van der Waals surface area contributed by atoms with Crippen LogP contribution in [0.1, 0.15) is 1.43 Å². The molecule has 0 amide bonds. The molecule has 3 aliphatic rings. The normalized spacial score (nSPS) is 49.6. The fourth-order valence-electron chi connectivity index (χ4n) is 2.96. The van der Waals surface area contributed by atoms with Crippen molar-refractivity contribution in [2.24, 2.45) is 11.8 Å². The standard InChI is InChI=1S/C9H6Cl6O3S.Na.H/c10-5-6(11)8(13)4-2-18-19(16)17-1-3(4)7(5,12)9(8,14)15;;/h3-4H,1-2H2;;/q;+1;-1. The molecular formula is C9H7Cl6NaO3S. The fraction of sp³-hybridized carbons (Fsp3) is 0.778. The molecule has 4 atom stereocenters. The second kappa shape index (κ2) is 5.82. The number of alkyl halides is 4. The second-order valence-electron chi connectivity index (χ2n) is 4.61. The van der Waals surface area contributed by atoms with E-state index in [2.05, 4.69) is 0 Å². The number of halogens is 6. The van der Waals surface area contributed by atoms with Crippen LogP contribution in [0.15, 0.2) is 10.1 Å². The Morgan fingerprint density at radius 1 is 1.00 bits per heavy atom. The molecule has 11 heteroatoms. The minimum absolute atomic E-state index is 0. The molecule has 2 bridgehead atoms. The third-order valence-corrected chi connectivity index (χ3v) is 8.95. The van der Waals surface area contributed by atoms with Crippen LogP contribution in [0, 0.1) is 11.8 Å². The van der Waals surface area contributed by atoms with Gasteiger partial charge in [0.15, 0.2) is 4.33 Å². The maximum atomic E-state index is 11.3. The van der Waals surface area contributed by atoms with Crippen molar-refractivity contribution in [3.05, 3.63) is 10.1 Å². The van der Waals surface area contributed by atoms with Gasteiger partial charge in [0.1, 0.15) is 9.75 Å². The first-order valence-corrected chi connectivity index (χ1v) is 8.46. The number of hydrogen-bond donors (Lipinski definition) is 0. The van der Waals surface area contributed by atoms with Gasteiger partial charge in [-0.05, 0) is 0 Å². The average molecular weight is 431 g/mol. The van der Waals surface area contributed by atoms with Gasteiger partial charge in [0.2, 0.25) is 0 Å². The van der Waals surface area contributed by atoms with Crippen LogP contribution in [-0.2, 0) is 19.7 Å². The largest absolute Gasteiger partial charge is 1.00 e. The zero-order valence-electron chi connectivity index (χ0n) is 11.0. The Morgan fingerprint density at radius 2 is 1.35 bits per heavy atom. The van der Waals surface area contributed by atoms with Crippen molar-refractivity contribution < 1.29 is 43.6 Å². The van der Waals surface area contributed by atoms with Crippen LogP contribution in [0.5, 0.6) is 0 Å². The number of rotatable bonds is 0. The molecule has 1 heterocycles. The maximum Gasteiger partial charge on any atom is 1.00 e. The molecule has 1 saturated carbocycles. The van der Waals surface area contributed by atoms with E-state index in [4.69, 9.17) is 78.0 Å². The molecule has 2 aliphatic carbocycles. The van der Waals surface area contributed by atoms with E-state index in [1.807, 2.05) is 0 Å². The van der Waals surface area contributed by atoms with Crippen LogP contribution in [0.3, 0.4) is 0 Å². The summed E-state index contributed by atoms with van der Waals surface area (Å²) in [4.78, 5) is -2.78. The van der Waals surface area contributed by atoms with Gasteiger partial charge < -0.3 is 1.43 Å². The number of allylic oxidation sites excluding steroid dienone is 2. The van der Waals surface area contributed by atoms with E-state index in [9.17, 15) is 4.21 Å². The van der Waals surface area contributed by atoms with E-state index in [1.54, 1.807) is 0 Å². The number of fused-ring (bicyclic) bond motifs is 5. The van der Waals surface area contributed by atoms with Gasteiger partial charge in [-0.25, -0.2) is 0 Å². The van der Waals surface area contributed by atoms with Crippen molar-refractivity contribution in [3.63, 3.8) is 0 Å². The molecule has 3 rings (SSSR count). The van der Waals surface area contributed by atoms with Crippen molar-refractivity contribution in [2.75, 3.05) is 13.2 Å². The van der Waals surface area contributed by atoms with Gasteiger partial charge in [0.05, 0.1) is 23.3 Å². The molecule has 0 spiro atoms. The average Bonchev–Trinajstić information content (AvgIpc) is 2.54. The van der Waals surface area contributed by atoms with Crippen LogP contribution in [0.25, 0.3) is 0 Å². The molecule has 0 aromatic carbocycles. The Hall–Kier alpha value is 2.55. The molecule has 0 N–H and O–H groups in total. The Morgan fingerprint density at radius 3 is 1.70 bits per heavy atom. The molecule has 4 unspecified atom stereocenters. The Kier molecular flexibility index (Phi) is 5.49. The summed E-state index contributed by atoms with van der Waals surface area (Å²) in [6, 6.07) is 0. The van der Waals surface area contributed by atoms with E-state index < -0.39 is 37.3 Å². The Balaban J connectivity index is 0.00000110. The fourth-order valence-corrected chi connectivity index (χ4v) is 6.60. The summed E-state index contributed by atoms with van der Waals surface area (Å²) in [5, 5.41) is 0.210. The van der Waals surface area contributed by atoms with Gasteiger partial charge in [-0.3, -0.25) is 8.37 Å². The molecule has 0 radical (unpaired) electrons. The van der Waals surface area contributed by atoms with E-state index in [0.29, 0.717) is 0 Å². The summed E-state index contributed by atoms with van der Waals surface area (Å²) >= 11 is 36.4. The molecule has 2 fully saturated rings. The van der Waals surface area contributed by atoms with Crippen LogP contribution >= 0.6 is 69.6 Å². The Labute approximate surface area is 172 Å². The topological polar surface area (TPSA) is 35.5 Å². The van der Waals surface area contributed by atoms with Gasteiger partial charge in [-0.2, -0.15) is 4.21 Å². The quantitative estimate of drug-likeness (QED) is 0.421. The van der Waals surface area contributed by atoms with Crippen LogP contribution in [-0.4, -0.2) is 31.5 Å². The van der Waals surface area contributed by atoms with Crippen molar-refractivity contribution >= 4 is 81.0 Å². The first-order chi connectivity index (χ1) is 8.69. The predicted octanol–water partition coefficient (Wildman–Crippen LogP) is 0.806. The van der Waals surface area contributed by atoms with Crippen molar-refractivity contribution in [2.45, 2.75) is 14.1 Å². The van der Waals surface area contributed by atoms with Crippen molar-refractivity contribution in [1.82, 2.24) is 0 Å². The van der Waals surface area contributed by atoms with Gasteiger partial charge in [-0.15, -0.1) is 23.2 Å². The zero-order valence-corrected chi connectivity index (χ0v) is 17.3. The predicted molar refractivity (Wildman–Crippen MR) is 78.5 cm³/mol. The molecule has 1 aliphatic heterocycles. The molecule has 20 heavy (non-hydrogen) atoms. The van der Waals surface area contributed by atoms with E-state index in [0.717, 1.165) is 0 Å². The molecule has 3 nitrogen and oxygen atoms in total. The minimum Gasteiger partial charge on any atom is -1.00 e. The first kappa shape index (κ1) is 18.9. The minimum atomic E-state index is -1.86. The Bertz CT molecular complexity index is 482. The molecule has 0 aromatic rings. The van der Waals surface area contributed by atoms with Gasteiger partial charge in [-0.1, -0.05) is 46.4 Å². The summed E-state index contributed by atoms with van der Waals surface area (Å²) in [7, 11) is 0. The van der Waals surface area contributed by atoms with Crippen LogP contribution in [0.2, 0.25) is 0 Å². The van der Waals surface area contributed by atoms with Crippen LogP contribution in [0.4, 0.5) is 0 Å². The first-order valence-electron chi connectivity index (χ1n) is 5.19. The van der Waals surface area contributed by atoms with E-state index in [1.165, 1.54) is 0 Å². The second-order valence-corrected chi connectivity index (χ2v) is 8.77. The molecule has 1 saturated heterocycles. The van der Waals surface area contributed by atoms with E-state index in [-0.39, 0.29) is 54.3 Å². The van der Waals surface area contributed by atoms with Gasteiger partial charge in [0.25, 0.3) is 0 Å². The molecular weight excluding hydrogens is 424 g/mol. The van der Waals surface area contributed by atoms with Crippen molar-refractivity contribution in [1.29, 1.82) is 0 Å². The molecule has 0 aromatic heterocycles. The van der Waals surface area contributed by atoms with Crippen molar-refractivity contribution in [3.8, 4) is 0 Å². The van der Waals surface area contributed by atoms with E-state index >= 15 is 0 Å². The SMILES string of the molecule is O=S1OCC2C(CO1)C1(Cl)C(Cl)=C(Cl)C2(Cl)C1(Cl)Cl.[H-].[Na+]. The summed E-state index contributed by atoms with van der Waals surface area (Å²) in [6.07, 6.45) is 0. The summed E-state index contributed by atoms with van der Waals surface area (Å²) in [5.74, 6) is -0.911. The molecule has 110 valence electrons. The van der Waals surface area contributed by atoms with Gasteiger partial charge >= 0.3 is 40.9 Å². The summed E-state index contributed by atoms with van der Waals surface area (Å²) in [6.45, 7) is 0.0215. The summed E-state index contributed by atoms with van der Waals surface area (Å²) < 4.78 is 19.7. The van der Waals surface area contributed by atoms with Crippen LogP contribution < -0.4 is 29.6 Å². The summed E-state index contributed by atoms with van der Waals surface area (Å²) in [5.41, 5.74) is 0. The van der Waals surface area contributed by atoms with Gasteiger partial charge in [0, 0.05) is 11.8 Å². The number of hydrogen-bond acceptors (Lipinski definition) is 3. The monoisotopic (exact) mass is 428 g/mol. The third kappa shape index (κ3) is 2.01. The third-order valence-electron chi connectivity index (χ3n) is 3.94.